The molecular weight excluding hydrogens is 340 g/mol. The molecule has 2 rings (SSSR count). The number of hydrogen-bond acceptors (Lipinski definition) is 3. The van der Waals surface area contributed by atoms with Gasteiger partial charge in [-0.3, -0.25) is 5.43 Å². The van der Waals surface area contributed by atoms with Crippen LogP contribution < -0.4 is 15.6 Å². The molecule has 0 unspecified atom stereocenters. The second kappa shape index (κ2) is 9.92. The molecule has 0 spiro atoms. The summed E-state index contributed by atoms with van der Waals surface area (Å²) in [7, 11) is 2.12. The molecule has 0 fully saturated rings. The Morgan fingerprint density at radius 1 is 1.15 bits per heavy atom. The van der Waals surface area contributed by atoms with Crippen molar-refractivity contribution in [3.8, 4) is 0 Å². The number of aryl methyl sites for hydroxylation is 2. The largest absolute Gasteiger partial charge is 0.375 e. The summed E-state index contributed by atoms with van der Waals surface area (Å²) in [6, 6.07) is 14.6. The van der Waals surface area contributed by atoms with Gasteiger partial charge in [-0.15, -0.1) is 0 Å². The van der Waals surface area contributed by atoms with E-state index in [-0.39, 0.29) is 0 Å². The van der Waals surface area contributed by atoms with E-state index in [4.69, 9.17) is 12.2 Å². The summed E-state index contributed by atoms with van der Waals surface area (Å²) in [4.78, 5) is 2.27. The first kappa shape index (κ1) is 19.9. The van der Waals surface area contributed by atoms with Gasteiger partial charge in [-0.2, -0.15) is 5.10 Å². The smallest absolute Gasteiger partial charge is 0.191 e. The second-order valence-electron chi connectivity index (χ2n) is 6.51. The summed E-state index contributed by atoms with van der Waals surface area (Å²) < 4.78 is 0. The number of rotatable bonds is 7. The average Bonchev–Trinajstić information content (AvgIpc) is 2.63. The first-order valence-corrected chi connectivity index (χ1v) is 9.39. The average molecular weight is 369 g/mol. The summed E-state index contributed by atoms with van der Waals surface area (Å²) in [6.07, 6.45) is 4.18. The van der Waals surface area contributed by atoms with Gasteiger partial charge in [0.25, 0.3) is 0 Å². The van der Waals surface area contributed by atoms with Crippen molar-refractivity contribution in [2.45, 2.75) is 33.6 Å². The van der Waals surface area contributed by atoms with Gasteiger partial charge in [-0.25, -0.2) is 0 Å². The minimum Gasteiger partial charge on any atom is -0.375 e. The highest BCUT2D eigenvalue weighted by atomic mass is 32.1. The van der Waals surface area contributed by atoms with E-state index in [2.05, 4.69) is 84.1 Å². The third-order valence-electron chi connectivity index (χ3n) is 4.20. The predicted molar refractivity (Wildman–Crippen MR) is 117 cm³/mol. The number of nitrogens with zero attached hydrogens (tertiary/aromatic N) is 2. The van der Waals surface area contributed by atoms with Gasteiger partial charge < -0.3 is 10.2 Å². The molecule has 0 saturated carbocycles. The molecule has 2 aromatic carbocycles. The molecule has 2 N–H and O–H groups in total. The standard InChI is InChI=1S/C21H28N4S/c1-5-6-13-25(4)19-11-9-18(10-12-19)15-22-24-21(26)23-20-14-16(2)7-8-17(20)3/h7-12,14-15H,5-6,13H2,1-4H3,(H2,23,24,26)/b22-15+. The number of unbranched alkanes of at least 4 members (excludes halogenated alkanes) is 1. The molecule has 26 heavy (non-hydrogen) atoms. The zero-order chi connectivity index (χ0) is 18.9. The van der Waals surface area contributed by atoms with E-state index >= 15 is 0 Å². The highest BCUT2D eigenvalue weighted by Crippen LogP contribution is 2.16. The molecule has 0 amide bonds. The summed E-state index contributed by atoms with van der Waals surface area (Å²) in [6.45, 7) is 7.39. The van der Waals surface area contributed by atoms with Gasteiger partial charge in [0.15, 0.2) is 5.11 Å². The molecule has 0 bridgehead atoms. The Balaban J connectivity index is 1.87. The van der Waals surface area contributed by atoms with Crippen LogP contribution in [0.5, 0.6) is 0 Å². The second-order valence-corrected chi connectivity index (χ2v) is 6.92. The van der Waals surface area contributed by atoms with Crippen molar-refractivity contribution in [1.82, 2.24) is 5.43 Å². The number of hydrazone groups is 1. The number of benzene rings is 2. The van der Waals surface area contributed by atoms with Crippen molar-refractivity contribution >= 4 is 34.9 Å². The van der Waals surface area contributed by atoms with E-state index in [1.54, 1.807) is 6.21 Å². The molecule has 0 aliphatic carbocycles. The van der Waals surface area contributed by atoms with Gasteiger partial charge in [0.1, 0.15) is 0 Å². The van der Waals surface area contributed by atoms with Crippen LogP contribution in [0.15, 0.2) is 47.6 Å². The van der Waals surface area contributed by atoms with Crippen LogP contribution in [-0.4, -0.2) is 24.9 Å². The maximum absolute atomic E-state index is 5.31. The lowest BCUT2D eigenvalue weighted by Gasteiger charge is -2.18. The van der Waals surface area contributed by atoms with Gasteiger partial charge in [0, 0.05) is 25.0 Å². The van der Waals surface area contributed by atoms with Crippen LogP contribution in [0.25, 0.3) is 0 Å². The molecule has 0 atom stereocenters. The van der Waals surface area contributed by atoms with Crippen molar-refractivity contribution in [3.63, 3.8) is 0 Å². The fourth-order valence-electron chi connectivity index (χ4n) is 2.53. The van der Waals surface area contributed by atoms with E-state index in [1.807, 2.05) is 6.92 Å². The number of nitrogens with one attached hydrogen (secondary N) is 2. The molecule has 2 aromatic rings. The van der Waals surface area contributed by atoms with Gasteiger partial charge >= 0.3 is 0 Å². The Kier molecular flexibility index (Phi) is 7.60. The summed E-state index contributed by atoms with van der Waals surface area (Å²) in [5.41, 5.74) is 8.45. The molecule has 0 aliphatic heterocycles. The third kappa shape index (κ3) is 6.15. The first-order valence-electron chi connectivity index (χ1n) is 8.98. The molecule has 0 aliphatic rings. The van der Waals surface area contributed by atoms with Crippen LogP contribution >= 0.6 is 12.2 Å². The van der Waals surface area contributed by atoms with E-state index in [9.17, 15) is 0 Å². The van der Waals surface area contributed by atoms with E-state index in [1.165, 1.54) is 24.1 Å². The molecule has 4 nitrogen and oxygen atoms in total. The maximum Gasteiger partial charge on any atom is 0.191 e. The van der Waals surface area contributed by atoms with E-state index < -0.39 is 0 Å². The Hall–Kier alpha value is -2.40. The lowest BCUT2D eigenvalue weighted by Crippen LogP contribution is -2.24. The first-order chi connectivity index (χ1) is 12.5. The fourth-order valence-corrected chi connectivity index (χ4v) is 2.69. The minimum absolute atomic E-state index is 0.478. The zero-order valence-electron chi connectivity index (χ0n) is 16.0. The van der Waals surface area contributed by atoms with Crippen molar-refractivity contribution in [2.24, 2.45) is 5.10 Å². The normalized spacial score (nSPS) is 10.8. The molecule has 0 radical (unpaired) electrons. The molecule has 5 heteroatoms. The van der Waals surface area contributed by atoms with Crippen LogP contribution in [0, 0.1) is 13.8 Å². The zero-order valence-corrected chi connectivity index (χ0v) is 16.9. The van der Waals surface area contributed by atoms with Crippen LogP contribution in [0.1, 0.15) is 36.5 Å². The lowest BCUT2D eigenvalue weighted by molar-refractivity contribution is 0.767. The highest BCUT2D eigenvalue weighted by Gasteiger charge is 2.01. The van der Waals surface area contributed by atoms with Gasteiger partial charge in [0.2, 0.25) is 0 Å². The van der Waals surface area contributed by atoms with Gasteiger partial charge in [0.05, 0.1) is 6.21 Å². The van der Waals surface area contributed by atoms with Crippen LogP contribution in [-0.2, 0) is 0 Å². The Morgan fingerprint density at radius 3 is 2.58 bits per heavy atom. The molecule has 0 saturated heterocycles. The summed E-state index contributed by atoms with van der Waals surface area (Å²) in [5, 5.41) is 7.88. The molecular formula is C21H28N4S. The van der Waals surface area contributed by atoms with Gasteiger partial charge in [-0.05, 0) is 67.4 Å². The summed E-state index contributed by atoms with van der Waals surface area (Å²) in [5.74, 6) is 0. The van der Waals surface area contributed by atoms with Crippen molar-refractivity contribution in [2.75, 3.05) is 23.8 Å². The van der Waals surface area contributed by atoms with Crippen LogP contribution in [0.3, 0.4) is 0 Å². The van der Waals surface area contributed by atoms with Gasteiger partial charge in [-0.1, -0.05) is 37.6 Å². The molecule has 0 aromatic heterocycles. The minimum atomic E-state index is 0.478. The Bertz CT molecular complexity index is 753. The Labute approximate surface area is 162 Å². The topological polar surface area (TPSA) is 39.7 Å². The maximum atomic E-state index is 5.31. The highest BCUT2D eigenvalue weighted by molar-refractivity contribution is 7.80. The van der Waals surface area contributed by atoms with Crippen molar-refractivity contribution in [3.05, 3.63) is 59.2 Å². The number of hydrogen-bond donors (Lipinski definition) is 2. The molecule has 0 heterocycles. The number of anilines is 2. The Morgan fingerprint density at radius 2 is 1.88 bits per heavy atom. The monoisotopic (exact) mass is 368 g/mol. The van der Waals surface area contributed by atoms with E-state index in [0.29, 0.717) is 5.11 Å². The number of thiocarbonyl (C=S) groups is 1. The van der Waals surface area contributed by atoms with Crippen molar-refractivity contribution < 1.29 is 0 Å². The predicted octanol–water partition coefficient (Wildman–Crippen LogP) is 4.86. The van der Waals surface area contributed by atoms with Crippen LogP contribution in [0.2, 0.25) is 0 Å². The van der Waals surface area contributed by atoms with E-state index in [0.717, 1.165) is 23.4 Å². The lowest BCUT2D eigenvalue weighted by atomic mass is 10.1. The third-order valence-corrected chi connectivity index (χ3v) is 4.40. The summed E-state index contributed by atoms with van der Waals surface area (Å²) >= 11 is 5.31. The fraction of sp³-hybridized carbons (Fsp3) is 0.333. The molecule has 138 valence electrons. The SMILES string of the molecule is CCCCN(C)c1ccc(/C=N/NC(=S)Nc2cc(C)ccc2C)cc1. The van der Waals surface area contributed by atoms with Crippen LogP contribution in [0.4, 0.5) is 11.4 Å². The quantitative estimate of drug-likeness (QED) is 0.416. The van der Waals surface area contributed by atoms with Crippen molar-refractivity contribution in [1.29, 1.82) is 0 Å².